The maximum absolute atomic E-state index is 11.0. The summed E-state index contributed by atoms with van der Waals surface area (Å²) in [6.45, 7) is 0. The molecule has 0 aliphatic carbocycles. The van der Waals surface area contributed by atoms with E-state index in [9.17, 15) is 9.59 Å². The number of benzene rings is 1. The summed E-state index contributed by atoms with van der Waals surface area (Å²) in [5.41, 5.74) is 7.79. The summed E-state index contributed by atoms with van der Waals surface area (Å²) in [5, 5.41) is 4.39. The first-order valence-corrected chi connectivity index (χ1v) is 4.77. The van der Waals surface area contributed by atoms with E-state index >= 15 is 0 Å². The molecule has 0 saturated heterocycles. The Morgan fingerprint density at radius 1 is 1.35 bits per heavy atom. The van der Waals surface area contributed by atoms with Crippen LogP contribution in [0.15, 0.2) is 44.6 Å². The Bertz CT molecular complexity index is 646. The molecule has 0 atom stereocenters. The van der Waals surface area contributed by atoms with Gasteiger partial charge < -0.3 is 10.2 Å². The second kappa shape index (κ2) is 4.48. The summed E-state index contributed by atoms with van der Waals surface area (Å²) in [5.74, 6) is 0. The van der Waals surface area contributed by atoms with E-state index in [4.69, 9.17) is 10.2 Å². The van der Waals surface area contributed by atoms with Crippen LogP contribution < -0.4 is 16.8 Å². The number of hydrazone groups is 1. The van der Waals surface area contributed by atoms with Crippen LogP contribution in [0.1, 0.15) is 5.56 Å². The summed E-state index contributed by atoms with van der Waals surface area (Å²) in [6.07, 6.45) is 1.44. The first-order chi connectivity index (χ1) is 8.15. The average Bonchev–Trinajstić information content (AvgIpc) is 2.29. The molecule has 0 spiro atoms. The number of urea groups is 1. The number of hydrogen-bond acceptors (Lipinski definition) is 4. The lowest BCUT2D eigenvalue weighted by atomic mass is 10.1. The molecule has 1 heterocycles. The standard InChI is InChI=1S/C11H9N3O3/c12-11(16)14-13-6-7-1-3-9-8(5-7)2-4-10(15)17-9/h1-6H,(H3,12,14,16)/b13-6+. The van der Waals surface area contributed by atoms with Crippen molar-refractivity contribution in [1.29, 1.82) is 0 Å². The predicted octanol–water partition coefficient (Wildman–Crippen LogP) is 0.795. The third kappa shape index (κ3) is 2.69. The number of primary amides is 1. The van der Waals surface area contributed by atoms with Crippen molar-refractivity contribution in [2.45, 2.75) is 0 Å². The molecule has 0 radical (unpaired) electrons. The first-order valence-electron chi connectivity index (χ1n) is 4.77. The van der Waals surface area contributed by atoms with Crippen LogP contribution in [0.3, 0.4) is 0 Å². The van der Waals surface area contributed by atoms with Gasteiger partial charge in [-0.3, -0.25) is 0 Å². The maximum Gasteiger partial charge on any atom is 0.336 e. The fourth-order valence-electron chi connectivity index (χ4n) is 1.34. The minimum absolute atomic E-state index is 0.394. The molecule has 3 N–H and O–H groups in total. The molecule has 0 unspecified atom stereocenters. The lowest BCUT2D eigenvalue weighted by Crippen LogP contribution is -2.24. The lowest BCUT2D eigenvalue weighted by molar-refractivity contribution is 0.249. The van der Waals surface area contributed by atoms with Crippen molar-refractivity contribution in [3.8, 4) is 0 Å². The number of nitrogens with one attached hydrogen (secondary N) is 1. The fourth-order valence-corrected chi connectivity index (χ4v) is 1.34. The SMILES string of the molecule is NC(=O)N/N=C/c1ccc2oc(=O)ccc2c1. The van der Waals surface area contributed by atoms with Crippen LogP contribution in [-0.4, -0.2) is 12.2 Å². The highest BCUT2D eigenvalue weighted by molar-refractivity contribution is 5.88. The summed E-state index contributed by atoms with van der Waals surface area (Å²) in [4.78, 5) is 21.3. The number of carbonyl (C=O) groups excluding carboxylic acids is 1. The van der Waals surface area contributed by atoms with Gasteiger partial charge in [-0.15, -0.1) is 0 Å². The highest BCUT2D eigenvalue weighted by atomic mass is 16.4. The van der Waals surface area contributed by atoms with Gasteiger partial charge in [0.05, 0.1) is 6.21 Å². The quantitative estimate of drug-likeness (QED) is 0.454. The Morgan fingerprint density at radius 3 is 2.94 bits per heavy atom. The monoisotopic (exact) mass is 231 g/mol. The zero-order chi connectivity index (χ0) is 12.3. The molecule has 0 bridgehead atoms. The van der Waals surface area contributed by atoms with Crippen LogP contribution in [0.25, 0.3) is 11.0 Å². The van der Waals surface area contributed by atoms with Crippen LogP contribution in [0.4, 0.5) is 4.79 Å². The number of rotatable bonds is 2. The molecule has 0 aliphatic rings. The second-order valence-corrected chi connectivity index (χ2v) is 3.29. The van der Waals surface area contributed by atoms with Crippen molar-refractivity contribution < 1.29 is 9.21 Å². The Morgan fingerprint density at radius 2 is 2.18 bits per heavy atom. The van der Waals surface area contributed by atoms with Gasteiger partial charge in [0.25, 0.3) is 0 Å². The van der Waals surface area contributed by atoms with Gasteiger partial charge in [0.15, 0.2) is 0 Å². The molecule has 2 aromatic rings. The number of amides is 2. The van der Waals surface area contributed by atoms with E-state index in [0.717, 1.165) is 10.9 Å². The van der Waals surface area contributed by atoms with Gasteiger partial charge in [-0.25, -0.2) is 15.0 Å². The molecule has 0 fully saturated rings. The first kappa shape index (κ1) is 10.9. The van der Waals surface area contributed by atoms with Crippen LogP contribution in [-0.2, 0) is 0 Å². The molecule has 86 valence electrons. The van der Waals surface area contributed by atoms with Crippen molar-refractivity contribution in [1.82, 2.24) is 5.43 Å². The summed E-state index contributed by atoms with van der Waals surface area (Å²) >= 11 is 0. The van der Waals surface area contributed by atoms with Gasteiger partial charge in [-0.05, 0) is 29.8 Å². The molecular weight excluding hydrogens is 222 g/mol. The zero-order valence-electron chi connectivity index (χ0n) is 8.71. The number of nitrogens with zero attached hydrogens (tertiary/aromatic N) is 1. The topological polar surface area (TPSA) is 97.7 Å². The summed E-state index contributed by atoms with van der Waals surface area (Å²) < 4.78 is 4.97. The summed E-state index contributed by atoms with van der Waals surface area (Å²) in [6, 6.07) is 7.39. The molecule has 17 heavy (non-hydrogen) atoms. The van der Waals surface area contributed by atoms with E-state index in [0.29, 0.717) is 5.58 Å². The lowest BCUT2D eigenvalue weighted by Gasteiger charge is -1.97. The van der Waals surface area contributed by atoms with Gasteiger partial charge in [0.2, 0.25) is 0 Å². The van der Waals surface area contributed by atoms with E-state index in [2.05, 4.69) is 10.5 Å². The molecule has 1 aromatic heterocycles. The van der Waals surface area contributed by atoms with E-state index < -0.39 is 11.7 Å². The molecule has 2 rings (SSSR count). The Balaban J connectivity index is 2.32. The molecule has 2 amide bonds. The number of fused-ring (bicyclic) bond motifs is 1. The molecule has 1 aromatic carbocycles. The van der Waals surface area contributed by atoms with E-state index in [1.807, 2.05) is 0 Å². The Kier molecular flexibility index (Phi) is 2.87. The van der Waals surface area contributed by atoms with Gasteiger partial charge in [-0.2, -0.15) is 5.10 Å². The van der Waals surface area contributed by atoms with Gasteiger partial charge in [0.1, 0.15) is 5.58 Å². The normalized spacial score (nSPS) is 10.8. The summed E-state index contributed by atoms with van der Waals surface area (Å²) in [7, 11) is 0. The smallest absolute Gasteiger partial charge is 0.336 e. The molecular formula is C11H9N3O3. The molecule has 6 heteroatoms. The molecule has 6 nitrogen and oxygen atoms in total. The molecule has 0 aliphatic heterocycles. The Labute approximate surface area is 95.7 Å². The average molecular weight is 231 g/mol. The van der Waals surface area contributed by atoms with Crippen molar-refractivity contribution >= 4 is 23.2 Å². The largest absolute Gasteiger partial charge is 0.423 e. The van der Waals surface area contributed by atoms with Crippen LogP contribution in [0.2, 0.25) is 0 Å². The van der Waals surface area contributed by atoms with E-state index in [1.54, 1.807) is 24.3 Å². The van der Waals surface area contributed by atoms with Gasteiger partial charge in [-0.1, -0.05) is 0 Å². The van der Waals surface area contributed by atoms with Crippen molar-refractivity contribution in [2.24, 2.45) is 10.8 Å². The van der Waals surface area contributed by atoms with Crippen LogP contribution in [0.5, 0.6) is 0 Å². The molecule has 0 saturated carbocycles. The van der Waals surface area contributed by atoms with Gasteiger partial charge in [0, 0.05) is 11.5 Å². The third-order valence-corrected chi connectivity index (χ3v) is 2.03. The van der Waals surface area contributed by atoms with Crippen molar-refractivity contribution in [3.05, 3.63) is 46.3 Å². The highest BCUT2D eigenvalue weighted by Crippen LogP contribution is 2.12. The predicted molar refractivity (Wildman–Crippen MR) is 62.8 cm³/mol. The highest BCUT2D eigenvalue weighted by Gasteiger charge is 1.97. The van der Waals surface area contributed by atoms with Crippen LogP contribution >= 0.6 is 0 Å². The number of carbonyl (C=O) groups is 1. The van der Waals surface area contributed by atoms with E-state index in [1.165, 1.54) is 12.3 Å². The van der Waals surface area contributed by atoms with Crippen LogP contribution in [0, 0.1) is 0 Å². The number of nitrogens with two attached hydrogens (primary N) is 1. The van der Waals surface area contributed by atoms with E-state index in [-0.39, 0.29) is 0 Å². The minimum atomic E-state index is -0.729. The second-order valence-electron chi connectivity index (χ2n) is 3.29. The maximum atomic E-state index is 11.0. The van der Waals surface area contributed by atoms with Crippen molar-refractivity contribution in [3.63, 3.8) is 0 Å². The van der Waals surface area contributed by atoms with Gasteiger partial charge >= 0.3 is 11.7 Å². The Hall–Kier alpha value is -2.63. The minimum Gasteiger partial charge on any atom is -0.423 e. The van der Waals surface area contributed by atoms with Crippen molar-refractivity contribution in [2.75, 3.05) is 0 Å². The third-order valence-electron chi connectivity index (χ3n) is 2.03. The zero-order valence-corrected chi connectivity index (χ0v) is 8.71. The number of hydrogen-bond donors (Lipinski definition) is 2. The fraction of sp³-hybridized carbons (Fsp3) is 0.